The molecule has 124 valence electrons. The third-order valence-corrected chi connectivity index (χ3v) is 3.57. The molecule has 0 unspecified atom stereocenters. The standard InChI is InChI=1S/C16H20ClN3O3/c1-12-18-15(23-19-12)6-3-7-16(22)20(8-9-21)11-13-4-2-5-14(17)10-13/h2,4-5,10,21H,3,6-9,11H2,1H3. The average Bonchev–Trinajstić information content (AvgIpc) is 2.92. The molecular weight excluding hydrogens is 318 g/mol. The lowest BCUT2D eigenvalue weighted by Crippen LogP contribution is -2.33. The number of nitrogens with zero attached hydrogens (tertiary/aromatic N) is 3. The predicted molar refractivity (Wildman–Crippen MR) is 85.9 cm³/mol. The van der Waals surface area contributed by atoms with Crippen LogP contribution in [0.5, 0.6) is 0 Å². The van der Waals surface area contributed by atoms with Crippen LogP contribution in [-0.4, -0.2) is 39.2 Å². The van der Waals surface area contributed by atoms with E-state index in [0.29, 0.717) is 49.1 Å². The molecule has 0 aliphatic carbocycles. The van der Waals surface area contributed by atoms with Gasteiger partial charge in [0.25, 0.3) is 0 Å². The summed E-state index contributed by atoms with van der Waals surface area (Å²) in [6.45, 7) is 2.41. The largest absolute Gasteiger partial charge is 0.395 e. The molecule has 2 rings (SSSR count). The summed E-state index contributed by atoms with van der Waals surface area (Å²) in [5.74, 6) is 1.11. The summed E-state index contributed by atoms with van der Waals surface area (Å²) in [4.78, 5) is 18.1. The van der Waals surface area contributed by atoms with Gasteiger partial charge in [0.1, 0.15) is 0 Å². The van der Waals surface area contributed by atoms with Crippen molar-refractivity contribution in [3.63, 3.8) is 0 Å². The minimum Gasteiger partial charge on any atom is -0.395 e. The number of aliphatic hydroxyl groups excluding tert-OH is 1. The lowest BCUT2D eigenvalue weighted by Gasteiger charge is -2.22. The summed E-state index contributed by atoms with van der Waals surface area (Å²) in [5, 5.41) is 13.5. The number of aromatic nitrogens is 2. The number of amides is 1. The zero-order valence-corrected chi connectivity index (χ0v) is 13.8. The number of rotatable bonds is 8. The Hall–Kier alpha value is -1.92. The van der Waals surface area contributed by atoms with Gasteiger partial charge in [-0.15, -0.1) is 0 Å². The molecule has 0 saturated heterocycles. The van der Waals surface area contributed by atoms with Gasteiger partial charge in [0.2, 0.25) is 11.8 Å². The van der Waals surface area contributed by atoms with Gasteiger partial charge in [-0.3, -0.25) is 4.79 Å². The van der Waals surface area contributed by atoms with Crippen molar-refractivity contribution in [1.29, 1.82) is 0 Å². The Morgan fingerprint density at radius 2 is 2.26 bits per heavy atom. The average molecular weight is 338 g/mol. The van der Waals surface area contributed by atoms with Gasteiger partial charge in [0.05, 0.1) is 6.61 Å². The number of aliphatic hydroxyl groups is 1. The molecule has 7 heteroatoms. The van der Waals surface area contributed by atoms with Gasteiger partial charge in [-0.05, 0) is 31.0 Å². The summed E-state index contributed by atoms with van der Waals surface area (Å²) in [6.07, 6.45) is 1.55. The molecule has 2 aromatic rings. The predicted octanol–water partition coefficient (Wildman–Crippen LogP) is 2.38. The van der Waals surface area contributed by atoms with E-state index in [1.165, 1.54) is 0 Å². The molecule has 1 aromatic heterocycles. The Labute approximate surface area is 140 Å². The quantitative estimate of drug-likeness (QED) is 0.800. The van der Waals surface area contributed by atoms with Crippen molar-refractivity contribution in [2.24, 2.45) is 0 Å². The molecule has 0 aliphatic heterocycles. The monoisotopic (exact) mass is 337 g/mol. The van der Waals surface area contributed by atoms with Crippen LogP contribution in [-0.2, 0) is 17.8 Å². The number of hydrogen-bond donors (Lipinski definition) is 1. The van der Waals surface area contributed by atoms with Gasteiger partial charge in [0, 0.05) is 31.0 Å². The molecule has 0 radical (unpaired) electrons. The summed E-state index contributed by atoms with van der Waals surface area (Å²) < 4.78 is 5.02. The van der Waals surface area contributed by atoms with Crippen molar-refractivity contribution in [3.8, 4) is 0 Å². The first-order chi connectivity index (χ1) is 11.1. The summed E-state index contributed by atoms with van der Waals surface area (Å²) >= 11 is 5.96. The molecule has 0 bridgehead atoms. The molecule has 0 fully saturated rings. The van der Waals surface area contributed by atoms with Crippen LogP contribution >= 0.6 is 11.6 Å². The second kappa shape index (κ2) is 8.64. The summed E-state index contributed by atoms with van der Waals surface area (Å²) in [7, 11) is 0. The van der Waals surface area contributed by atoms with Crippen LogP contribution in [0, 0.1) is 6.92 Å². The van der Waals surface area contributed by atoms with E-state index >= 15 is 0 Å². The Morgan fingerprint density at radius 1 is 1.43 bits per heavy atom. The van der Waals surface area contributed by atoms with Crippen LogP contribution in [0.4, 0.5) is 0 Å². The smallest absolute Gasteiger partial charge is 0.226 e. The van der Waals surface area contributed by atoms with Crippen LogP contribution < -0.4 is 0 Å². The van der Waals surface area contributed by atoms with Gasteiger partial charge in [-0.25, -0.2) is 0 Å². The number of carbonyl (C=O) groups excluding carboxylic acids is 1. The van der Waals surface area contributed by atoms with Crippen LogP contribution in [0.3, 0.4) is 0 Å². The second-order valence-electron chi connectivity index (χ2n) is 5.26. The van der Waals surface area contributed by atoms with Crippen molar-refractivity contribution in [1.82, 2.24) is 15.0 Å². The topological polar surface area (TPSA) is 79.5 Å². The molecule has 1 aromatic carbocycles. The molecule has 1 amide bonds. The fraction of sp³-hybridized carbons (Fsp3) is 0.438. The maximum Gasteiger partial charge on any atom is 0.226 e. The van der Waals surface area contributed by atoms with Gasteiger partial charge in [0.15, 0.2) is 5.82 Å². The van der Waals surface area contributed by atoms with E-state index in [9.17, 15) is 9.90 Å². The number of benzene rings is 1. The molecule has 1 heterocycles. The summed E-state index contributed by atoms with van der Waals surface area (Å²) in [5.41, 5.74) is 0.937. The van der Waals surface area contributed by atoms with Gasteiger partial charge >= 0.3 is 0 Å². The van der Waals surface area contributed by atoms with Crippen LogP contribution in [0.2, 0.25) is 5.02 Å². The van der Waals surface area contributed by atoms with Crippen molar-refractivity contribution in [2.75, 3.05) is 13.2 Å². The Morgan fingerprint density at radius 3 is 2.91 bits per heavy atom. The van der Waals surface area contributed by atoms with Gasteiger partial charge in [-0.1, -0.05) is 28.9 Å². The van der Waals surface area contributed by atoms with Crippen LogP contribution in [0.15, 0.2) is 28.8 Å². The minimum absolute atomic E-state index is 0.0183. The zero-order chi connectivity index (χ0) is 16.7. The van der Waals surface area contributed by atoms with E-state index in [1.54, 1.807) is 17.9 Å². The van der Waals surface area contributed by atoms with E-state index in [2.05, 4.69) is 10.1 Å². The molecule has 1 N–H and O–H groups in total. The molecule has 0 aliphatic rings. The normalized spacial score (nSPS) is 10.7. The summed E-state index contributed by atoms with van der Waals surface area (Å²) in [6, 6.07) is 7.36. The van der Waals surface area contributed by atoms with Crippen LogP contribution in [0.25, 0.3) is 0 Å². The molecule has 6 nitrogen and oxygen atoms in total. The van der Waals surface area contributed by atoms with Crippen molar-refractivity contribution in [2.45, 2.75) is 32.7 Å². The van der Waals surface area contributed by atoms with Crippen molar-refractivity contribution < 1.29 is 14.4 Å². The Kier molecular flexibility index (Phi) is 6.55. The van der Waals surface area contributed by atoms with Crippen LogP contribution in [0.1, 0.15) is 30.1 Å². The number of hydrogen-bond acceptors (Lipinski definition) is 5. The second-order valence-corrected chi connectivity index (χ2v) is 5.69. The number of halogens is 1. The van der Waals surface area contributed by atoms with E-state index in [0.717, 1.165) is 5.56 Å². The molecule has 0 atom stereocenters. The van der Waals surface area contributed by atoms with Gasteiger partial charge < -0.3 is 14.5 Å². The fourth-order valence-corrected chi connectivity index (χ4v) is 2.47. The first kappa shape index (κ1) is 17.4. The van der Waals surface area contributed by atoms with E-state index in [-0.39, 0.29) is 12.5 Å². The molecular formula is C16H20ClN3O3. The lowest BCUT2D eigenvalue weighted by molar-refractivity contribution is -0.132. The highest BCUT2D eigenvalue weighted by Gasteiger charge is 2.14. The van der Waals surface area contributed by atoms with Crippen molar-refractivity contribution in [3.05, 3.63) is 46.6 Å². The number of aryl methyl sites for hydroxylation is 2. The highest BCUT2D eigenvalue weighted by Crippen LogP contribution is 2.14. The van der Waals surface area contributed by atoms with E-state index in [1.807, 2.05) is 18.2 Å². The maximum atomic E-state index is 12.3. The molecule has 0 spiro atoms. The highest BCUT2D eigenvalue weighted by atomic mass is 35.5. The fourth-order valence-electron chi connectivity index (χ4n) is 2.26. The third kappa shape index (κ3) is 5.65. The SMILES string of the molecule is Cc1noc(CCCC(=O)N(CCO)Cc2cccc(Cl)c2)n1. The Bertz CT molecular complexity index is 645. The van der Waals surface area contributed by atoms with Crippen molar-refractivity contribution >= 4 is 17.5 Å². The van der Waals surface area contributed by atoms with E-state index in [4.69, 9.17) is 16.1 Å². The Balaban J connectivity index is 1.87. The molecule has 0 saturated carbocycles. The van der Waals surface area contributed by atoms with Gasteiger partial charge in [-0.2, -0.15) is 4.98 Å². The lowest BCUT2D eigenvalue weighted by atomic mass is 10.1. The first-order valence-electron chi connectivity index (χ1n) is 7.50. The minimum atomic E-state index is -0.0742. The molecule has 23 heavy (non-hydrogen) atoms. The maximum absolute atomic E-state index is 12.3. The highest BCUT2D eigenvalue weighted by molar-refractivity contribution is 6.30. The number of carbonyl (C=O) groups is 1. The third-order valence-electron chi connectivity index (χ3n) is 3.34. The first-order valence-corrected chi connectivity index (χ1v) is 7.88. The zero-order valence-electron chi connectivity index (χ0n) is 13.0. The van der Waals surface area contributed by atoms with E-state index < -0.39 is 0 Å².